The number of hydrogen-bond acceptors (Lipinski definition) is 3. The third-order valence-electron chi connectivity index (χ3n) is 4.74. The second kappa shape index (κ2) is 7.23. The lowest BCUT2D eigenvalue weighted by Crippen LogP contribution is -2.42. The maximum Gasteiger partial charge on any atom is 0.226 e. The number of rotatable bonds is 3. The van der Waals surface area contributed by atoms with Gasteiger partial charge in [0.15, 0.2) is 0 Å². The topological polar surface area (TPSA) is 43.8 Å². The van der Waals surface area contributed by atoms with Gasteiger partial charge in [-0.25, -0.2) is 4.39 Å². The molecule has 0 radical (unpaired) electrons. The standard InChI is InChI=1S/C20H23FN2O2/c1-14-12-22(2)18-9-4-3-6-16(18)13-23(14)20(25)11-19(24)15-7-5-8-17(21)10-15/h3-10,14,19,24H,11-13H2,1-2H3. The normalized spacial score (nSPS) is 18.5. The number of fused-ring (bicyclic) bond motifs is 1. The summed E-state index contributed by atoms with van der Waals surface area (Å²) in [5.41, 5.74) is 2.63. The molecule has 1 amide bonds. The number of anilines is 1. The van der Waals surface area contributed by atoms with Gasteiger partial charge in [-0.1, -0.05) is 30.3 Å². The molecular weight excluding hydrogens is 319 g/mol. The van der Waals surface area contributed by atoms with E-state index in [1.807, 2.05) is 32.2 Å². The fourth-order valence-corrected chi connectivity index (χ4v) is 3.40. The molecule has 2 aromatic rings. The molecule has 0 fully saturated rings. The lowest BCUT2D eigenvalue weighted by molar-refractivity contribution is -0.135. The van der Waals surface area contributed by atoms with Crippen LogP contribution in [0.1, 0.15) is 30.6 Å². The van der Waals surface area contributed by atoms with Crippen LogP contribution in [0.5, 0.6) is 0 Å². The molecule has 0 bridgehead atoms. The first-order valence-electron chi connectivity index (χ1n) is 8.47. The Hall–Kier alpha value is -2.40. The van der Waals surface area contributed by atoms with E-state index in [0.29, 0.717) is 12.1 Å². The van der Waals surface area contributed by atoms with Crippen LogP contribution in [-0.4, -0.2) is 35.5 Å². The largest absolute Gasteiger partial charge is 0.388 e. The minimum absolute atomic E-state index is 0.0182. The summed E-state index contributed by atoms with van der Waals surface area (Å²) in [6.45, 7) is 3.24. The molecule has 132 valence electrons. The fraction of sp³-hybridized carbons (Fsp3) is 0.350. The minimum Gasteiger partial charge on any atom is -0.388 e. The molecule has 2 aromatic carbocycles. The van der Waals surface area contributed by atoms with E-state index in [1.54, 1.807) is 11.0 Å². The highest BCUT2D eigenvalue weighted by molar-refractivity contribution is 5.78. The Bertz CT molecular complexity index is 765. The van der Waals surface area contributed by atoms with Gasteiger partial charge in [0.25, 0.3) is 0 Å². The van der Waals surface area contributed by atoms with Crippen molar-refractivity contribution in [2.24, 2.45) is 0 Å². The van der Waals surface area contributed by atoms with Gasteiger partial charge in [-0.15, -0.1) is 0 Å². The summed E-state index contributed by atoms with van der Waals surface area (Å²) in [5, 5.41) is 10.3. The van der Waals surface area contributed by atoms with Crippen molar-refractivity contribution in [3.8, 4) is 0 Å². The van der Waals surface area contributed by atoms with E-state index < -0.39 is 11.9 Å². The number of likely N-dealkylation sites (N-methyl/N-ethyl adjacent to an activating group) is 1. The van der Waals surface area contributed by atoms with Gasteiger partial charge in [0, 0.05) is 31.9 Å². The zero-order valence-corrected chi connectivity index (χ0v) is 14.5. The molecule has 0 saturated heterocycles. The third kappa shape index (κ3) is 3.82. The van der Waals surface area contributed by atoms with Crippen molar-refractivity contribution in [3.05, 3.63) is 65.5 Å². The number of hydrogen-bond donors (Lipinski definition) is 1. The Kier molecular flexibility index (Phi) is 5.04. The van der Waals surface area contributed by atoms with Gasteiger partial charge in [-0.05, 0) is 36.2 Å². The van der Waals surface area contributed by atoms with Crippen molar-refractivity contribution in [2.75, 3.05) is 18.5 Å². The number of aliphatic hydroxyl groups is 1. The summed E-state index contributed by atoms with van der Waals surface area (Å²) in [7, 11) is 2.02. The number of aliphatic hydroxyl groups excluding tert-OH is 1. The van der Waals surface area contributed by atoms with Gasteiger partial charge >= 0.3 is 0 Å². The molecule has 0 aliphatic carbocycles. The van der Waals surface area contributed by atoms with Gasteiger partial charge in [0.05, 0.1) is 12.5 Å². The molecule has 1 heterocycles. The molecular formula is C20H23FN2O2. The molecule has 0 spiro atoms. The molecule has 0 aromatic heterocycles. The highest BCUT2D eigenvalue weighted by Crippen LogP contribution is 2.27. The van der Waals surface area contributed by atoms with Gasteiger partial charge in [-0.2, -0.15) is 0 Å². The number of amides is 1. The van der Waals surface area contributed by atoms with E-state index in [9.17, 15) is 14.3 Å². The van der Waals surface area contributed by atoms with Crippen molar-refractivity contribution >= 4 is 11.6 Å². The maximum absolute atomic E-state index is 13.3. The summed E-state index contributed by atoms with van der Waals surface area (Å²) in [5.74, 6) is -0.544. The Morgan fingerprint density at radius 3 is 2.80 bits per heavy atom. The second-order valence-corrected chi connectivity index (χ2v) is 6.65. The summed E-state index contributed by atoms with van der Waals surface area (Å²) >= 11 is 0. The highest BCUT2D eigenvalue weighted by atomic mass is 19.1. The van der Waals surface area contributed by atoms with Gasteiger partial charge in [0.1, 0.15) is 5.82 Å². The van der Waals surface area contributed by atoms with E-state index in [-0.39, 0.29) is 18.4 Å². The first-order chi connectivity index (χ1) is 12.0. The lowest BCUT2D eigenvalue weighted by atomic mass is 10.0. The minimum atomic E-state index is -1.01. The van der Waals surface area contributed by atoms with E-state index in [4.69, 9.17) is 0 Å². The molecule has 25 heavy (non-hydrogen) atoms. The van der Waals surface area contributed by atoms with E-state index in [2.05, 4.69) is 11.0 Å². The number of halogens is 1. The maximum atomic E-state index is 13.3. The number of carbonyl (C=O) groups excluding carboxylic acids is 1. The molecule has 1 aliphatic rings. The summed E-state index contributed by atoms with van der Waals surface area (Å²) in [4.78, 5) is 16.7. The van der Waals surface area contributed by atoms with Crippen molar-refractivity contribution in [1.82, 2.24) is 4.90 Å². The Morgan fingerprint density at radius 2 is 2.04 bits per heavy atom. The van der Waals surface area contributed by atoms with Crippen molar-refractivity contribution in [3.63, 3.8) is 0 Å². The van der Waals surface area contributed by atoms with Crippen molar-refractivity contribution in [1.29, 1.82) is 0 Å². The summed E-state index contributed by atoms with van der Waals surface area (Å²) in [6.07, 6.45) is -1.06. The van der Waals surface area contributed by atoms with Crippen LogP contribution in [0.25, 0.3) is 0 Å². The Labute approximate surface area is 147 Å². The van der Waals surface area contributed by atoms with E-state index in [1.165, 1.54) is 18.2 Å². The quantitative estimate of drug-likeness (QED) is 0.932. The predicted molar refractivity (Wildman–Crippen MR) is 95.7 cm³/mol. The SMILES string of the molecule is CC1CN(C)c2ccccc2CN1C(=O)CC(O)c1cccc(F)c1. The van der Waals surface area contributed by atoms with Crippen LogP contribution in [-0.2, 0) is 11.3 Å². The lowest BCUT2D eigenvalue weighted by Gasteiger charge is -2.29. The number of benzene rings is 2. The number of carbonyl (C=O) groups is 1. The molecule has 4 nitrogen and oxygen atoms in total. The average Bonchev–Trinajstić information content (AvgIpc) is 2.71. The average molecular weight is 342 g/mol. The monoisotopic (exact) mass is 342 g/mol. The van der Waals surface area contributed by atoms with E-state index in [0.717, 1.165) is 17.8 Å². The predicted octanol–water partition coefficient (Wildman–Crippen LogP) is 3.12. The summed E-state index contributed by atoms with van der Waals surface area (Å²) < 4.78 is 13.3. The van der Waals surface area contributed by atoms with Crippen LogP contribution in [0.2, 0.25) is 0 Å². The van der Waals surface area contributed by atoms with E-state index >= 15 is 0 Å². The fourth-order valence-electron chi connectivity index (χ4n) is 3.40. The Morgan fingerprint density at radius 1 is 1.28 bits per heavy atom. The third-order valence-corrected chi connectivity index (χ3v) is 4.74. The van der Waals surface area contributed by atoms with Crippen LogP contribution in [0.3, 0.4) is 0 Å². The molecule has 2 unspecified atom stereocenters. The summed E-state index contributed by atoms with van der Waals surface area (Å²) in [6, 6.07) is 13.8. The number of nitrogens with zero attached hydrogens (tertiary/aromatic N) is 2. The smallest absolute Gasteiger partial charge is 0.226 e. The van der Waals surface area contributed by atoms with Crippen LogP contribution in [0, 0.1) is 5.82 Å². The number of para-hydroxylation sites is 1. The molecule has 1 aliphatic heterocycles. The van der Waals surface area contributed by atoms with Gasteiger partial charge in [0.2, 0.25) is 5.91 Å². The zero-order chi connectivity index (χ0) is 18.0. The molecule has 5 heteroatoms. The van der Waals surface area contributed by atoms with Crippen LogP contribution in [0.4, 0.5) is 10.1 Å². The first-order valence-corrected chi connectivity index (χ1v) is 8.47. The van der Waals surface area contributed by atoms with Crippen molar-refractivity contribution < 1.29 is 14.3 Å². The molecule has 3 rings (SSSR count). The Balaban J connectivity index is 1.77. The molecule has 0 saturated carbocycles. The van der Waals surface area contributed by atoms with Gasteiger partial charge in [-0.3, -0.25) is 4.79 Å². The van der Waals surface area contributed by atoms with Crippen LogP contribution >= 0.6 is 0 Å². The molecule has 1 N–H and O–H groups in total. The zero-order valence-electron chi connectivity index (χ0n) is 14.5. The highest BCUT2D eigenvalue weighted by Gasteiger charge is 2.28. The molecule has 2 atom stereocenters. The van der Waals surface area contributed by atoms with Gasteiger partial charge < -0.3 is 14.9 Å². The second-order valence-electron chi connectivity index (χ2n) is 6.65. The van der Waals surface area contributed by atoms with Crippen LogP contribution in [0.15, 0.2) is 48.5 Å². The van der Waals surface area contributed by atoms with Crippen LogP contribution < -0.4 is 4.90 Å². The first kappa shape index (κ1) is 17.4. The van der Waals surface area contributed by atoms with Crippen molar-refractivity contribution in [2.45, 2.75) is 32.0 Å².